The van der Waals surface area contributed by atoms with E-state index in [4.69, 9.17) is 0 Å². The van der Waals surface area contributed by atoms with Crippen molar-refractivity contribution < 1.29 is 27.1 Å². The lowest BCUT2D eigenvalue weighted by Crippen LogP contribution is -2.29. The fraction of sp³-hybridized carbons (Fsp3) is 0.286. The number of ether oxygens (including phenoxy) is 1. The summed E-state index contributed by atoms with van der Waals surface area (Å²) in [7, 11) is 0. The third kappa shape index (κ3) is 3.44. The van der Waals surface area contributed by atoms with E-state index in [-0.39, 0.29) is 5.88 Å². The lowest BCUT2D eigenvalue weighted by molar-refractivity contribution is -0.190. The Balaban J connectivity index is 2.31. The van der Waals surface area contributed by atoms with E-state index in [2.05, 4.69) is 9.84 Å². The Kier molecular flexibility index (Phi) is 4.20. The van der Waals surface area contributed by atoms with Gasteiger partial charge in [0, 0.05) is 6.07 Å². The molecule has 0 spiro atoms. The smallest absolute Gasteiger partial charge is 0.401 e. The highest BCUT2D eigenvalue weighted by Gasteiger charge is 2.42. The summed E-state index contributed by atoms with van der Waals surface area (Å²) in [6.45, 7) is 3.20. The molecular weight excluding hydrogens is 304 g/mol. The molecule has 0 saturated carbocycles. The lowest BCUT2D eigenvalue weighted by atomic mass is 10.1. The quantitative estimate of drug-likeness (QED) is 0.644. The summed E-state index contributed by atoms with van der Waals surface area (Å²) >= 11 is 0. The molecule has 0 bridgehead atoms. The summed E-state index contributed by atoms with van der Waals surface area (Å²) in [6, 6.07) is 6.10. The molecule has 0 saturated heterocycles. The second-order valence-corrected chi connectivity index (χ2v) is 4.68. The van der Waals surface area contributed by atoms with E-state index in [1.807, 2.05) is 0 Å². The normalized spacial score (nSPS) is 13.0. The molecule has 0 radical (unpaired) electrons. The van der Waals surface area contributed by atoms with Crippen LogP contribution in [0.4, 0.5) is 17.6 Å². The molecule has 1 unspecified atom stereocenters. The van der Waals surface area contributed by atoms with Gasteiger partial charge >= 0.3 is 12.1 Å². The fourth-order valence-corrected chi connectivity index (χ4v) is 1.88. The summed E-state index contributed by atoms with van der Waals surface area (Å²) in [5, 5.41) is 4.02. The van der Waals surface area contributed by atoms with Gasteiger partial charge in [0.2, 0.25) is 5.88 Å². The van der Waals surface area contributed by atoms with E-state index in [1.165, 1.54) is 30.3 Å². The Hall–Kier alpha value is -2.38. The minimum Gasteiger partial charge on any atom is -0.401 e. The fourth-order valence-electron chi connectivity index (χ4n) is 1.88. The molecule has 8 heteroatoms. The topological polar surface area (TPSA) is 44.1 Å². The van der Waals surface area contributed by atoms with Crippen molar-refractivity contribution in [1.29, 1.82) is 0 Å². The molecule has 1 aromatic carbocycles. The standard InChI is InChI=1S/C14H12F4N2O2/c1-8-7-12(22-13(21)14(16,17)18)20(19-8)9(2)10-3-5-11(15)6-4-10/h3-7,9H,1-2H3. The zero-order valence-corrected chi connectivity index (χ0v) is 11.7. The minimum atomic E-state index is -5.10. The van der Waals surface area contributed by atoms with Crippen molar-refractivity contribution in [2.75, 3.05) is 0 Å². The van der Waals surface area contributed by atoms with Crippen molar-refractivity contribution in [3.63, 3.8) is 0 Å². The number of aromatic nitrogens is 2. The number of esters is 1. The van der Waals surface area contributed by atoms with E-state index in [0.717, 1.165) is 4.68 Å². The highest BCUT2D eigenvalue weighted by molar-refractivity contribution is 5.77. The average Bonchev–Trinajstić information content (AvgIpc) is 2.78. The van der Waals surface area contributed by atoms with Crippen LogP contribution in [0.2, 0.25) is 0 Å². The number of rotatable bonds is 3. The maximum atomic E-state index is 12.9. The van der Waals surface area contributed by atoms with Gasteiger partial charge in [0.1, 0.15) is 5.82 Å². The van der Waals surface area contributed by atoms with Gasteiger partial charge < -0.3 is 4.74 Å². The Morgan fingerprint density at radius 1 is 1.27 bits per heavy atom. The first-order chi connectivity index (χ1) is 10.2. The molecule has 0 N–H and O–H groups in total. The maximum absolute atomic E-state index is 12.9. The number of aryl methyl sites for hydroxylation is 1. The predicted octanol–water partition coefficient (Wildman–Crippen LogP) is 3.41. The Bertz CT molecular complexity index is 677. The molecule has 4 nitrogen and oxygen atoms in total. The van der Waals surface area contributed by atoms with Gasteiger partial charge in [-0.05, 0) is 31.5 Å². The molecular formula is C14H12F4N2O2. The van der Waals surface area contributed by atoms with Crippen molar-refractivity contribution in [3.8, 4) is 5.88 Å². The maximum Gasteiger partial charge on any atom is 0.491 e. The lowest BCUT2D eigenvalue weighted by Gasteiger charge is -2.16. The van der Waals surface area contributed by atoms with Crippen LogP contribution < -0.4 is 4.74 Å². The summed E-state index contributed by atoms with van der Waals surface area (Å²) in [5.41, 5.74) is 0.993. The number of carbonyl (C=O) groups is 1. The number of alkyl halides is 3. The average molecular weight is 316 g/mol. The van der Waals surface area contributed by atoms with E-state index in [9.17, 15) is 22.4 Å². The van der Waals surface area contributed by atoms with Crippen LogP contribution in [-0.2, 0) is 4.79 Å². The molecule has 0 aliphatic heterocycles. The molecule has 1 heterocycles. The zero-order valence-electron chi connectivity index (χ0n) is 11.7. The van der Waals surface area contributed by atoms with Crippen molar-refractivity contribution in [3.05, 3.63) is 47.4 Å². The van der Waals surface area contributed by atoms with Gasteiger partial charge in [-0.25, -0.2) is 13.9 Å². The second kappa shape index (κ2) is 5.78. The summed E-state index contributed by atoms with van der Waals surface area (Å²) in [5.74, 6) is -3.08. The SMILES string of the molecule is Cc1cc(OC(=O)C(F)(F)F)n(C(C)c2ccc(F)cc2)n1. The van der Waals surface area contributed by atoms with Gasteiger partial charge in [0.25, 0.3) is 0 Å². The van der Waals surface area contributed by atoms with E-state index in [0.29, 0.717) is 11.3 Å². The van der Waals surface area contributed by atoms with E-state index >= 15 is 0 Å². The van der Waals surface area contributed by atoms with Crippen LogP contribution in [0.25, 0.3) is 0 Å². The van der Waals surface area contributed by atoms with Gasteiger partial charge in [-0.15, -0.1) is 0 Å². The summed E-state index contributed by atoms with van der Waals surface area (Å²) in [4.78, 5) is 11.0. The first-order valence-corrected chi connectivity index (χ1v) is 6.29. The minimum absolute atomic E-state index is 0.323. The Morgan fingerprint density at radius 2 is 1.86 bits per heavy atom. The molecule has 0 fully saturated rings. The summed E-state index contributed by atoms with van der Waals surface area (Å²) < 4.78 is 55.3. The first kappa shape index (κ1) is 16.0. The molecule has 2 rings (SSSR count). The van der Waals surface area contributed by atoms with Gasteiger partial charge in [-0.1, -0.05) is 12.1 Å². The summed E-state index contributed by atoms with van der Waals surface area (Å²) in [6.07, 6.45) is -5.10. The van der Waals surface area contributed by atoms with E-state index in [1.54, 1.807) is 13.8 Å². The van der Waals surface area contributed by atoms with Crippen LogP contribution in [0.1, 0.15) is 24.2 Å². The van der Waals surface area contributed by atoms with Crippen LogP contribution >= 0.6 is 0 Å². The van der Waals surface area contributed by atoms with Crippen LogP contribution in [-0.4, -0.2) is 21.9 Å². The van der Waals surface area contributed by atoms with Crippen LogP contribution in [0.5, 0.6) is 5.88 Å². The number of nitrogens with zero attached hydrogens (tertiary/aromatic N) is 2. The van der Waals surface area contributed by atoms with Crippen LogP contribution in [0.3, 0.4) is 0 Å². The monoisotopic (exact) mass is 316 g/mol. The molecule has 2 aromatic rings. The highest BCUT2D eigenvalue weighted by atomic mass is 19.4. The third-order valence-corrected chi connectivity index (χ3v) is 2.97. The number of halogens is 4. The molecule has 0 aliphatic carbocycles. The largest absolute Gasteiger partial charge is 0.491 e. The van der Waals surface area contributed by atoms with Gasteiger partial charge in [-0.2, -0.15) is 18.3 Å². The van der Waals surface area contributed by atoms with Gasteiger partial charge in [-0.3, -0.25) is 0 Å². The first-order valence-electron chi connectivity index (χ1n) is 6.29. The van der Waals surface area contributed by atoms with Crippen LogP contribution in [0.15, 0.2) is 30.3 Å². The zero-order chi connectivity index (χ0) is 16.5. The van der Waals surface area contributed by atoms with Gasteiger partial charge in [0.05, 0.1) is 11.7 Å². The van der Waals surface area contributed by atoms with Crippen molar-refractivity contribution in [2.45, 2.75) is 26.1 Å². The molecule has 1 atom stereocenters. The number of carbonyl (C=O) groups excluding carboxylic acids is 1. The number of benzene rings is 1. The Morgan fingerprint density at radius 3 is 2.41 bits per heavy atom. The molecule has 118 valence electrons. The van der Waals surface area contributed by atoms with Crippen molar-refractivity contribution in [2.24, 2.45) is 0 Å². The van der Waals surface area contributed by atoms with Crippen LogP contribution in [0, 0.1) is 12.7 Å². The molecule has 22 heavy (non-hydrogen) atoms. The molecule has 1 aromatic heterocycles. The van der Waals surface area contributed by atoms with E-state index < -0.39 is 24.0 Å². The van der Waals surface area contributed by atoms with Crippen molar-refractivity contribution in [1.82, 2.24) is 9.78 Å². The third-order valence-electron chi connectivity index (χ3n) is 2.97. The highest BCUT2D eigenvalue weighted by Crippen LogP contribution is 2.26. The van der Waals surface area contributed by atoms with Gasteiger partial charge in [0.15, 0.2) is 0 Å². The Labute approximate surface area is 123 Å². The van der Waals surface area contributed by atoms with Crippen molar-refractivity contribution >= 4 is 5.97 Å². The second-order valence-electron chi connectivity index (χ2n) is 4.68. The number of hydrogen-bond donors (Lipinski definition) is 0. The molecule has 0 amide bonds. The predicted molar refractivity (Wildman–Crippen MR) is 68.9 cm³/mol. The molecule has 0 aliphatic rings. The number of hydrogen-bond acceptors (Lipinski definition) is 3.